The van der Waals surface area contributed by atoms with Gasteiger partial charge in [-0.1, -0.05) is 6.07 Å². The average Bonchev–Trinajstić information content (AvgIpc) is 3.29. The van der Waals surface area contributed by atoms with Gasteiger partial charge in [0, 0.05) is 61.3 Å². The number of likely N-dealkylation sites (tertiary alicyclic amines) is 1. The molecular formula is C22H25F2N3O3S. The van der Waals surface area contributed by atoms with Crippen LogP contribution in [0.15, 0.2) is 41.0 Å². The topological polar surface area (TPSA) is 71.2 Å². The molecule has 3 atom stereocenters. The number of carbonyl (C=O) groups is 2. The maximum absolute atomic E-state index is 13.4. The molecule has 2 aliphatic heterocycles. The van der Waals surface area contributed by atoms with Gasteiger partial charge >= 0.3 is 0 Å². The highest BCUT2D eigenvalue weighted by atomic mass is 32.2. The van der Waals surface area contributed by atoms with Gasteiger partial charge < -0.3 is 9.30 Å². The van der Waals surface area contributed by atoms with Crippen LogP contribution in [0.1, 0.15) is 36.0 Å². The first-order valence-electron chi connectivity index (χ1n) is 10.7. The summed E-state index contributed by atoms with van der Waals surface area (Å²) in [6, 6.07) is 7.63. The Bertz CT molecular complexity index is 1110. The summed E-state index contributed by atoms with van der Waals surface area (Å²) < 4.78 is 46.1. The number of nitrogens with zero attached hydrogens (tertiary/aromatic N) is 3. The molecule has 2 aromatic heterocycles. The van der Waals surface area contributed by atoms with E-state index < -0.39 is 33.9 Å². The number of rotatable bonds is 2. The number of pyridine rings is 1. The standard InChI is InChI=1S/C22H25F2N3O3S/c23-22(24)5-4-17(9-22)20(28)25-31(30)13-15-7-16(14-31)11-27(10-15)21(29)18-8-19-3-1-2-6-26(19)12-18/h1-3,6,8,12,15-17H,4-5,7,9-11,13-14H2. The molecule has 31 heavy (non-hydrogen) atoms. The summed E-state index contributed by atoms with van der Waals surface area (Å²) in [5, 5.41) is 0. The molecule has 2 bridgehead atoms. The molecule has 1 aliphatic carbocycles. The van der Waals surface area contributed by atoms with E-state index >= 15 is 0 Å². The summed E-state index contributed by atoms with van der Waals surface area (Å²) in [5.74, 6) is -3.82. The second kappa shape index (κ2) is 7.39. The number of carbonyl (C=O) groups excluding carboxylic acids is 2. The SMILES string of the molecule is O=C(N=S1(=O)CC2CC(CN(C(=O)c3cc4ccccn4c3)C2)C1)C1CCC(F)(F)C1. The fourth-order valence-corrected chi connectivity index (χ4v) is 8.08. The lowest BCUT2D eigenvalue weighted by molar-refractivity contribution is -0.122. The number of aromatic nitrogens is 1. The van der Waals surface area contributed by atoms with Gasteiger partial charge in [-0.2, -0.15) is 4.36 Å². The molecule has 0 radical (unpaired) electrons. The molecule has 3 fully saturated rings. The molecule has 5 rings (SSSR count). The molecule has 2 amide bonds. The molecule has 4 heterocycles. The van der Waals surface area contributed by atoms with E-state index in [0.29, 0.717) is 18.7 Å². The number of piperidine rings is 1. The van der Waals surface area contributed by atoms with E-state index in [0.717, 1.165) is 11.9 Å². The fraction of sp³-hybridized carbons (Fsp3) is 0.545. The van der Waals surface area contributed by atoms with Crippen molar-refractivity contribution in [2.24, 2.45) is 22.1 Å². The van der Waals surface area contributed by atoms with Crippen molar-refractivity contribution in [2.75, 3.05) is 24.6 Å². The number of alkyl halides is 2. The smallest absolute Gasteiger partial charge is 0.257 e. The first-order valence-corrected chi connectivity index (χ1v) is 12.6. The quantitative estimate of drug-likeness (QED) is 0.705. The molecule has 1 saturated carbocycles. The zero-order valence-electron chi connectivity index (χ0n) is 17.1. The Balaban J connectivity index is 1.29. The number of halogens is 2. The van der Waals surface area contributed by atoms with Crippen molar-refractivity contribution in [1.29, 1.82) is 0 Å². The molecule has 3 unspecified atom stereocenters. The van der Waals surface area contributed by atoms with E-state index in [1.165, 1.54) is 0 Å². The summed E-state index contributed by atoms with van der Waals surface area (Å²) >= 11 is 0. The van der Waals surface area contributed by atoms with Crippen LogP contribution in [0.2, 0.25) is 0 Å². The van der Waals surface area contributed by atoms with Crippen LogP contribution in [0.3, 0.4) is 0 Å². The lowest BCUT2D eigenvalue weighted by Gasteiger charge is -2.42. The van der Waals surface area contributed by atoms with Crippen molar-refractivity contribution in [1.82, 2.24) is 9.30 Å². The summed E-state index contributed by atoms with van der Waals surface area (Å²) in [6.07, 6.45) is 3.86. The molecule has 6 nitrogen and oxygen atoms in total. The van der Waals surface area contributed by atoms with Crippen molar-refractivity contribution < 1.29 is 22.6 Å². The minimum Gasteiger partial charge on any atom is -0.338 e. The fourth-order valence-electron chi connectivity index (χ4n) is 5.36. The first-order chi connectivity index (χ1) is 14.7. The Morgan fingerprint density at radius 1 is 1.16 bits per heavy atom. The Morgan fingerprint density at radius 2 is 1.90 bits per heavy atom. The zero-order chi connectivity index (χ0) is 21.8. The van der Waals surface area contributed by atoms with Gasteiger partial charge in [-0.3, -0.25) is 9.59 Å². The Morgan fingerprint density at radius 3 is 2.55 bits per heavy atom. The van der Waals surface area contributed by atoms with Crippen molar-refractivity contribution in [3.8, 4) is 0 Å². The van der Waals surface area contributed by atoms with E-state index in [-0.39, 0.29) is 42.1 Å². The van der Waals surface area contributed by atoms with Crippen LogP contribution in [0.5, 0.6) is 0 Å². The van der Waals surface area contributed by atoms with Crippen LogP contribution in [0.25, 0.3) is 5.52 Å². The highest BCUT2D eigenvalue weighted by Gasteiger charge is 2.44. The number of hydrogen-bond donors (Lipinski definition) is 0. The summed E-state index contributed by atoms with van der Waals surface area (Å²) in [5.41, 5.74) is 1.56. The maximum Gasteiger partial charge on any atom is 0.257 e. The molecule has 0 spiro atoms. The highest BCUT2D eigenvalue weighted by Crippen LogP contribution is 2.40. The Hall–Kier alpha value is -2.29. The van der Waals surface area contributed by atoms with Gasteiger partial charge in [-0.25, -0.2) is 13.0 Å². The van der Waals surface area contributed by atoms with Gasteiger partial charge in [0.25, 0.3) is 11.8 Å². The minimum absolute atomic E-state index is 0.00236. The third-order valence-electron chi connectivity index (χ3n) is 6.66. The largest absolute Gasteiger partial charge is 0.338 e. The summed E-state index contributed by atoms with van der Waals surface area (Å²) in [6.45, 7) is 0.952. The van der Waals surface area contributed by atoms with Crippen LogP contribution in [-0.4, -0.2) is 55.8 Å². The van der Waals surface area contributed by atoms with E-state index in [9.17, 15) is 22.6 Å². The number of amides is 2. The monoisotopic (exact) mass is 449 g/mol. The van der Waals surface area contributed by atoms with Gasteiger partial charge in [-0.05, 0) is 42.9 Å². The predicted molar refractivity (Wildman–Crippen MR) is 112 cm³/mol. The Labute approximate surface area is 179 Å². The molecule has 2 saturated heterocycles. The van der Waals surface area contributed by atoms with E-state index in [4.69, 9.17) is 0 Å². The number of fused-ring (bicyclic) bond motifs is 3. The Kier molecular flexibility index (Phi) is 4.91. The van der Waals surface area contributed by atoms with Crippen LogP contribution in [0, 0.1) is 17.8 Å². The van der Waals surface area contributed by atoms with Gasteiger partial charge in [-0.15, -0.1) is 0 Å². The predicted octanol–water partition coefficient (Wildman–Crippen LogP) is 3.46. The molecule has 166 valence electrons. The molecule has 3 aliphatic rings. The average molecular weight is 450 g/mol. The lowest BCUT2D eigenvalue weighted by atomic mass is 9.90. The third-order valence-corrected chi connectivity index (χ3v) is 9.16. The molecule has 0 N–H and O–H groups in total. The second-order valence-electron chi connectivity index (χ2n) is 9.27. The van der Waals surface area contributed by atoms with Gasteiger partial charge in [0.15, 0.2) is 0 Å². The number of hydrogen-bond acceptors (Lipinski definition) is 3. The minimum atomic E-state index is -2.82. The zero-order valence-corrected chi connectivity index (χ0v) is 17.9. The van der Waals surface area contributed by atoms with Crippen LogP contribution in [-0.2, 0) is 14.5 Å². The molecular weight excluding hydrogens is 424 g/mol. The van der Waals surface area contributed by atoms with Gasteiger partial charge in [0.2, 0.25) is 5.92 Å². The second-order valence-corrected chi connectivity index (χ2v) is 11.7. The van der Waals surface area contributed by atoms with Crippen molar-refractivity contribution >= 4 is 27.1 Å². The van der Waals surface area contributed by atoms with Crippen molar-refractivity contribution in [2.45, 2.75) is 31.6 Å². The normalized spacial score (nSPS) is 32.2. The third kappa shape index (κ3) is 4.12. The van der Waals surface area contributed by atoms with E-state index in [2.05, 4.69) is 4.36 Å². The lowest BCUT2D eigenvalue weighted by Crippen LogP contribution is -2.50. The molecule has 9 heteroatoms. The van der Waals surface area contributed by atoms with Gasteiger partial charge in [0.05, 0.1) is 15.3 Å². The van der Waals surface area contributed by atoms with Crippen LogP contribution >= 0.6 is 0 Å². The van der Waals surface area contributed by atoms with Gasteiger partial charge in [0.1, 0.15) is 0 Å². The summed E-state index contributed by atoms with van der Waals surface area (Å²) in [4.78, 5) is 27.3. The maximum atomic E-state index is 13.4. The molecule has 2 aromatic rings. The molecule has 0 aromatic carbocycles. The van der Waals surface area contributed by atoms with Crippen LogP contribution < -0.4 is 0 Å². The summed E-state index contributed by atoms with van der Waals surface area (Å²) in [7, 11) is -2.77. The van der Waals surface area contributed by atoms with E-state index in [1.807, 2.05) is 46.0 Å². The highest BCUT2D eigenvalue weighted by molar-refractivity contribution is 7.93. The van der Waals surface area contributed by atoms with E-state index in [1.54, 1.807) is 0 Å². The van der Waals surface area contributed by atoms with Crippen LogP contribution in [0.4, 0.5) is 8.78 Å². The van der Waals surface area contributed by atoms with Crippen molar-refractivity contribution in [3.63, 3.8) is 0 Å². The first kappa shape index (κ1) is 20.6. The van der Waals surface area contributed by atoms with Crippen molar-refractivity contribution in [3.05, 3.63) is 42.2 Å².